The zero-order valence-corrected chi connectivity index (χ0v) is 17.6. The van der Waals surface area contributed by atoms with Crippen LogP contribution in [-0.2, 0) is 14.4 Å². The van der Waals surface area contributed by atoms with Crippen molar-refractivity contribution >= 4 is 46.6 Å². The molecule has 154 valence electrons. The third-order valence-electron chi connectivity index (χ3n) is 7.58. The van der Waals surface area contributed by atoms with Gasteiger partial charge in [-0.15, -0.1) is 0 Å². The number of carbonyl (C=O) groups is 3. The van der Waals surface area contributed by atoms with E-state index in [-0.39, 0.29) is 41.5 Å². The van der Waals surface area contributed by atoms with Gasteiger partial charge in [0.25, 0.3) is 0 Å². The molecule has 3 saturated carbocycles. The third kappa shape index (κ3) is 3.17. The monoisotopic (exact) mass is 434 g/mol. The molecule has 1 aliphatic heterocycles. The largest absolute Gasteiger partial charge is 0.326 e. The second-order valence-electron chi connectivity index (χ2n) is 9.05. The SMILES string of the molecule is O=C(Nc1ccc(Cl)c(Cl)c1)C1CCC(N2C(=O)[C@@H]3[C@@H]4CC[C@@H](C4)[C@@H]3C2=O)CC1. The van der Waals surface area contributed by atoms with E-state index in [1.165, 1.54) is 0 Å². The van der Waals surface area contributed by atoms with Gasteiger partial charge in [0.05, 0.1) is 21.9 Å². The molecule has 29 heavy (non-hydrogen) atoms. The summed E-state index contributed by atoms with van der Waals surface area (Å²) in [6, 6.07) is 4.98. The number of halogens is 2. The highest BCUT2D eigenvalue weighted by molar-refractivity contribution is 6.42. The van der Waals surface area contributed by atoms with Crippen molar-refractivity contribution < 1.29 is 14.4 Å². The molecule has 0 radical (unpaired) electrons. The van der Waals surface area contributed by atoms with E-state index in [1.807, 2.05) is 0 Å². The number of anilines is 1. The molecule has 4 aliphatic rings. The number of nitrogens with one attached hydrogen (secondary N) is 1. The van der Waals surface area contributed by atoms with E-state index >= 15 is 0 Å². The molecule has 7 heteroatoms. The van der Waals surface area contributed by atoms with E-state index in [2.05, 4.69) is 5.32 Å². The van der Waals surface area contributed by atoms with E-state index in [0.29, 0.717) is 53.3 Å². The van der Waals surface area contributed by atoms with Gasteiger partial charge in [0.2, 0.25) is 17.7 Å². The lowest BCUT2D eigenvalue weighted by atomic mass is 9.81. The number of hydrogen-bond donors (Lipinski definition) is 1. The van der Waals surface area contributed by atoms with Gasteiger partial charge < -0.3 is 5.32 Å². The van der Waals surface area contributed by atoms with Crippen molar-refractivity contribution in [2.24, 2.45) is 29.6 Å². The Morgan fingerprint density at radius 2 is 1.52 bits per heavy atom. The summed E-state index contributed by atoms with van der Waals surface area (Å²) < 4.78 is 0. The van der Waals surface area contributed by atoms with Gasteiger partial charge in [-0.1, -0.05) is 23.2 Å². The average molecular weight is 435 g/mol. The van der Waals surface area contributed by atoms with Crippen LogP contribution in [0.25, 0.3) is 0 Å². The Morgan fingerprint density at radius 3 is 2.10 bits per heavy atom. The van der Waals surface area contributed by atoms with Gasteiger partial charge in [0, 0.05) is 17.6 Å². The topological polar surface area (TPSA) is 66.5 Å². The van der Waals surface area contributed by atoms with E-state index in [0.717, 1.165) is 19.3 Å². The first kappa shape index (κ1) is 19.4. The number of amides is 3. The van der Waals surface area contributed by atoms with Crippen molar-refractivity contribution in [3.8, 4) is 0 Å². The molecule has 0 spiro atoms. The fourth-order valence-electron chi connectivity index (χ4n) is 6.21. The van der Waals surface area contributed by atoms with Gasteiger partial charge in [0.1, 0.15) is 0 Å². The lowest BCUT2D eigenvalue weighted by molar-refractivity contribution is -0.144. The Morgan fingerprint density at radius 1 is 0.897 bits per heavy atom. The molecule has 1 heterocycles. The Hall–Kier alpha value is -1.59. The van der Waals surface area contributed by atoms with Crippen LogP contribution in [0.2, 0.25) is 10.0 Å². The molecule has 4 atom stereocenters. The second kappa shape index (κ2) is 7.28. The molecule has 5 rings (SSSR count). The average Bonchev–Trinajstić information content (AvgIpc) is 3.39. The summed E-state index contributed by atoms with van der Waals surface area (Å²) in [5.41, 5.74) is 0.625. The van der Waals surface area contributed by atoms with Gasteiger partial charge in [-0.25, -0.2) is 0 Å². The van der Waals surface area contributed by atoms with Gasteiger partial charge in [-0.3, -0.25) is 19.3 Å². The summed E-state index contributed by atoms with van der Waals surface area (Å²) in [5.74, 6) is 0.681. The minimum Gasteiger partial charge on any atom is -0.326 e. The quantitative estimate of drug-likeness (QED) is 0.710. The highest BCUT2D eigenvalue weighted by Crippen LogP contribution is 2.56. The Bertz CT molecular complexity index is 853. The zero-order chi connectivity index (χ0) is 20.3. The van der Waals surface area contributed by atoms with E-state index in [1.54, 1.807) is 23.1 Å². The molecule has 1 saturated heterocycles. The van der Waals surface area contributed by atoms with Crippen molar-refractivity contribution in [1.82, 2.24) is 4.90 Å². The normalized spacial score (nSPS) is 35.9. The van der Waals surface area contributed by atoms with Gasteiger partial charge in [-0.05, 0) is 75.0 Å². The smallest absolute Gasteiger partial charge is 0.233 e. The van der Waals surface area contributed by atoms with E-state index < -0.39 is 0 Å². The van der Waals surface area contributed by atoms with Crippen molar-refractivity contribution in [2.45, 2.75) is 51.0 Å². The van der Waals surface area contributed by atoms with Crippen molar-refractivity contribution in [3.05, 3.63) is 28.2 Å². The summed E-state index contributed by atoms with van der Waals surface area (Å²) in [7, 11) is 0. The predicted molar refractivity (Wildman–Crippen MR) is 111 cm³/mol. The first-order valence-electron chi connectivity index (χ1n) is 10.6. The van der Waals surface area contributed by atoms with Crippen molar-refractivity contribution in [3.63, 3.8) is 0 Å². The molecular weight excluding hydrogens is 411 g/mol. The fraction of sp³-hybridized carbons (Fsp3) is 0.591. The van der Waals surface area contributed by atoms with Crippen LogP contribution in [0.5, 0.6) is 0 Å². The number of fused-ring (bicyclic) bond motifs is 5. The molecule has 3 aliphatic carbocycles. The standard InChI is InChI=1S/C22H24Cl2N2O3/c23-16-8-5-14(10-17(16)24)25-20(27)11-3-6-15(7-4-11)26-21(28)18-12-1-2-13(9-12)19(18)22(26)29/h5,8,10-13,15,18-19H,1-4,6-7,9H2,(H,25,27)/t11?,12-,13+,15?,18-,19+. The minimum atomic E-state index is -0.121. The second-order valence-corrected chi connectivity index (χ2v) is 9.87. The maximum Gasteiger partial charge on any atom is 0.233 e. The first-order chi connectivity index (χ1) is 13.9. The summed E-state index contributed by atoms with van der Waals surface area (Å²) in [6.07, 6.45) is 6.01. The lowest BCUT2D eigenvalue weighted by Gasteiger charge is -2.33. The Kier molecular flexibility index (Phi) is 4.86. The lowest BCUT2D eigenvalue weighted by Crippen LogP contribution is -2.44. The maximum absolute atomic E-state index is 13.0. The maximum atomic E-state index is 13.0. The van der Waals surface area contributed by atoms with Crippen LogP contribution in [0.1, 0.15) is 44.9 Å². The number of imide groups is 1. The molecule has 2 bridgehead atoms. The highest BCUT2D eigenvalue weighted by atomic mass is 35.5. The fourth-order valence-corrected chi connectivity index (χ4v) is 6.50. The van der Waals surface area contributed by atoms with Crippen LogP contribution >= 0.6 is 23.2 Å². The van der Waals surface area contributed by atoms with Gasteiger partial charge in [0.15, 0.2) is 0 Å². The molecule has 0 unspecified atom stereocenters. The summed E-state index contributed by atoms with van der Waals surface area (Å²) >= 11 is 11.9. The number of hydrogen-bond acceptors (Lipinski definition) is 3. The van der Waals surface area contributed by atoms with Gasteiger partial charge in [-0.2, -0.15) is 0 Å². The highest BCUT2D eigenvalue weighted by Gasteiger charge is 2.61. The van der Waals surface area contributed by atoms with Crippen LogP contribution in [0.15, 0.2) is 18.2 Å². The Labute approximate surface area is 180 Å². The van der Waals surface area contributed by atoms with E-state index in [9.17, 15) is 14.4 Å². The molecule has 1 aromatic carbocycles. The zero-order valence-electron chi connectivity index (χ0n) is 16.1. The molecule has 1 N–H and O–H groups in total. The summed E-state index contributed by atoms with van der Waals surface area (Å²) in [6.45, 7) is 0. The minimum absolute atomic E-state index is 0.0455. The van der Waals surface area contributed by atoms with Crippen LogP contribution in [0, 0.1) is 29.6 Å². The summed E-state index contributed by atoms with van der Waals surface area (Å²) in [4.78, 5) is 40.2. The Balaban J connectivity index is 1.20. The van der Waals surface area contributed by atoms with Crippen molar-refractivity contribution in [1.29, 1.82) is 0 Å². The van der Waals surface area contributed by atoms with Crippen LogP contribution in [0.3, 0.4) is 0 Å². The number of benzene rings is 1. The summed E-state index contributed by atoms with van der Waals surface area (Å²) in [5, 5.41) is 3.75. The predicted octanol–water partition coefficient (Wildman–Crippen LogP) is 4.52. The number of likely N-dealkylation sites (tertiary alicyclic amines) is 1. The third-order valence-corrected chi connectivity index (χ3v) is 8.32. The van der Waals surface area contributed by atoms with E-state index in [4.69, 9.17) is 23.2 Å². The number of carbonyl (C=O) groups excluding carboxylic acids is 3. The molecule has 3 amide bonds. The molecule has 0 aromatic heterocycles. The molecule has 5 nitrogen and oxygen atoms in total. The molecular formula is C22H24Cl2N2O3. The molecule has 1 aromatic rings. The van der Waals surface area contributed by atoms with Gasteiger partial charge >= 0.3 is 0 Å². The number of nitrogens with zero attached hydrogens (tertiary/aromatic N) is 1. The van der Waals surface area contributed by atoms with Crippen LogP contribution in [0.4, 0.5) is 5.69 Å². The van der Waals surface area contributed by atoms with Crippen LogP contribution in [-0.4, -0.2) is 28.7 Å². The first-order valence-corrected chi connectivity index (χ1v) is 11.3. The molecule has 4 fully saturated rings. The number of rotatable bonds is 3. The van der Waals surface area contributed by atoms with Crippen LogP contribution < -0.4 is 5.32 Å². The van der Waals surface area contributed by atoms with Crippen molar-refractivity contribution in [2.75, 3.05) is 5.32 Å².